The fourth-order valence-corrected chi connectivity index (χ4v) is 5.40. The van der Waals surface area contributed by atoms with Crippen LogP contribution in [0.5, 0.6) is 5.75 Å². The molecule has 2 heterocycles. The van der Waals surface area contributed by atoms with Gasteiger partial charge in [-0.15, -0.1) is 0 Å². The van der Waals surface area contributed by atoms with Crippen LogP contribution in [0.4, 0.5) is 5.13 Å². The molecule has 1 aliphatic heterocycles. The molecule has 0 saturated carbocycles. The Morgan fingerprint density at radius 3 is 2.67 bits per heavy atom. The fraction of sp³-hybridized carbons (Fsp3) is 0.462. The first-order valence-electron chi connectivity index (χ1n) is 11.7. The molecule has 1 aromatic heterocycles. The molecule has 1 amide bonds. The predicted molar refractivity (Wildman–Crippen MR) is 135 cm³/mol. The minimum Gasteiger partial charge on any atom is -0.494 e. The Morgan fingerprint density at radius 2 is 1.94 bits per heavy atom. The van der Waals surface area contributed by atoms with Crippen molar-refractivity contribution in [1.29, 1.82) is 0 Å². The monoisotopic (exact) mass is 467 g/mol. The number of benzene rings is 2. The van der Waals surface area contributed by atoms with Crippen LogP contribution >= 0.6 is 11.3 Å². The lowest BCUT2D eigenvalue weighted by Gasteiger charge is -2.27. The highest BCUT2D eigenvalue weighted by Gasteiger charge is 2.21. The van der Waals surface area contributed by atoms with E-state index < -0.39 is 0 Å². The molecule has 0 atom stereocenters. The maximum Gasteiger partial charge on any atom is 0.233 e. The number of aromatic nitrogens is 1. The zero-order chi connectivity index (χ0) is 23.2. The van der Waals surface area contributed by atoms with Gasteiger partial charge in [-0.3, -0.25) is 14.6 Å². The molecule has 4 rings (SSSR count). The van der Waals surface area contributed by atoms with Crippen LogP contribution in [0.2, 0.25) is 0 Å². The molecule has 0 spiro atoms. The lowest BCUT2D eigenvalue weighted by Crippen LogP contribution is -2.39. The molecule has 176 valence electrons. The van der Waals surface area contributed by atoms with Gasteiger partial charge in [0.25, 0.3) is 0 Å². The van der Waals surface area contributed by atoms with E-state index >= 15 is 0 Å². The van der Waals surface area contributed by atoms with E-state index in [0.717, 1.165) is 71.5 Å². The third-order valence-corrected chi connectivity index (χ3v) is 6.93. The first-order chi connectivity index (χ1) is 16.0. The molecule has 3 aromatic rings. The van der Waals surface area contributed by atoms with Crippen molar-refractivity contribution in [1.82, 2.24) is 9.88 Å². The normalized spacial score (nSPS) is 14.5. The number of morpholine rings is 1. The molecule has 0 N–H and O–H groups in total. The van der Waals surface area contributed by atoms with E-state index in [9.17, 15) is 4.79 Å². The largest absolute Gasteiger partial charge is 0.494 e. The van der Waals surface area contributed by atoms with E-state index in [2.05, 4.69) is 30.9 Å². The van der Waals surface area contributed by atoms with Crippen molar-refractivity contribution < 1.29 is 14.3 Å². The minimum absolute atomic E-state index is 0.0783. The summed E-state index contributed by atoms with van der Waals surface area (Å²) in [4.78, 5) is 22.6. The van der Waals surface area contributed by atoms with Crippen molar-refractivity contribution in [3.05, 3.63) is 53.1 Å². The molecule has 0 radical (unpaired) electrons. The van der Waals surface area contributed by atoms with Crippen LogP contribution in [0.3, 0.4) is 0 Å². The zero-order valence-electron chi connectivity index (χ0n) is 19.8. The quantitative estimate of drug-likeness (QED) is 0.460. The van der Waals surface area contributed by atoms with Crippen LogP contribution in [-0.4, -0.2) is 61.8 Å². The molecular formula is C26H33N3O3S. The molecule has 7 heteroatoms. The first-order valence-corrected chi connectivity index (χ1v) is 12.5. The Labute approximate surface area is 200 Å². The van der Waals surface area contributed by atoms with E-state index in [0.29, 0.717) is 19.6 Å². The number of rotatable bonds is 9. The van der Waals surface area contributed by atoms with E-state index in [1.807, 2.05) is 36.1 Å². The van der Waals surface area contributed by atoms with Crippen LogP contribution in [0.15, 0.2) is 36.4 Å². The van der Waals surface area contributed by atoms with E-state index in [1.54, 1.807) is 11.3 Å². The molecule has 1 fully saturated rings. The van der Waals surface area contributed by atoms with Crippen molar-refractivity contribution in [3.8, 4) is 5.75 Å². The molecule has 33 heavy (non-hydrogen) atoms. The molecule has 1 saturated heterocycles. The van der Waals surface area contributed by atoms with Crippen molar-refractivity contribution in [2.75, 3.05) is 50.9 Å². The summed E-state index contributed by atoms with van der Waals surface area (Å²) in [6, 6.07) is 12.1. The molecule has 0 aliphatic carbocycles. The van der Waals surface area contributed by atoms with Gasteiger partial charge in [-0.05, 0) is 62.1 Å². The smallest absolute Gasteiger partial charge is 0.233 e. The second-order valence-corrected chi connectivity index (χ2v) is 9.54. The Bertz CT molecular complexity index is 1070. The molecular weight excluding hydrogens is 434 g/mol. The van der Waals surface area contributed by atoms with Gasteiger partial charge in [-0.25, -0.2) is 4.98 Å². The number of fused-ring (bicyclic) bond motifs is 1. The summed E-state index contributed by atoms with van der Waals surface area (Å²) in [5.41, 5.74) is 4.34. The van der Waals surface area contributed by atoms with Gasteiger partial charge in [0.1, 0.15) is 5.75 Å². The highest BCUT2D eigenvalue weighted by Crippen LogP contribution is 2.32. The van der Waals surface area contributed by atoms with Gasteiger partial charge in [0.05, 0.1) is 36.5 Å². The van der Waals surface area contributed by atoms with Crippen LogP contribution in [0.1, 0.15) is 30.0 Å². The van der Waals surface area contributed by atoms with Crippen molar-refractivity contribution in [2.45, 2.75) is 33.6 Å². The molecule has 1 aliphatic rings. The number of aryl methyl sites for hydroxylation is 2. The third kappa shape index (κ3) is 6.10. The summed E-state index contributed by atoms with van der Waals surface area (Å²) in [5, 5.41) is 0.789. The number of thiazole rings is 1. The van der Waals surface area contributed by atoms with Crippen LogP contribution in [0, 0.1) is 13.8 Å². The Balaban J connectivity index is 1.52. The zero-order valence-corrected chi connectivity index (χ0v) is 20.6. The Hall–Kier alpha value is -2.48. The summed E-state index contributed by atoms with van der Waals surface area (Å²) in [5.74, 6) is 0.905. The summed E-state index contributed by atoms with van der Waals surface area (Å²) < 4.78 is 12.1. The summed E-state index contributed by atoms with van der Waals surface area (Å²) >= 11 is 1.61. The third-order valence-electron chi connectivity index (χ3n) is 5.90. The number of nitrogens with zero attached hydrogens (tertiary/aromatic N) is 3. The SMILES string of the molecule is CCOc1ccc(CC(=O)N(CCCN2CCOCC2)c2nc3c(C)cc(C)cc3s2)cc1. The van der Waals surface area contributed by atoms with Gasteiger partial charge in [-0.1, -0.05) is 29.5 Å². The van der Waals surface area contributed by atoms with Crippen molar-refractivity contribution in [3.63, 3.8) is 0 Å². The van der Waals surface area contributed by atoms with Crippen molar-refractivity contribution in [2.24, 2.45) is 0 Å². The average molecular weight is 468 g/mol. The number of ether oxygens (including phenoxy) is 2. The summed E-state index contributed by atoms with van der Waals surface area (Å²) in [6.45, 7) is 11.9. The van der Waals surface area contributed by atoms with E-state index in [-0.39, 0.29) is 5.91 Å². The van der Waals surface area contributed by atoms with Gasteiger partial charge in [0.2, 0.25) is 5.91 Å². The molecule has 0 bridgehead atoms. The highest BCUT2D eigenvalue weighted by atomic mass is 32.1. The van der Waals surface area contributed by atoms with Gasteiger partial charge in [0.15, 0.2) is 5.13 Å². The molecule has 6 nitrogen and oxygen atoms in total. The second-order valence-electron chi connectivity index (χ2n) is 8.53. The lowest BCUT2D eigenvalue weighted by molar-refractivity contribution is -0.118. The van der Waals surface area contributed by atoms with Gasteiger partial charge in [0, 0.05) is 26.2 Å². The average Bonchev–Trinajstić information content (AvgIpc) is 3.23. The number of carbonyl (C=O) groups is 1. The lowest BCUT2D eigenvalue weighted by atomic mass is 10.1. The van der Waals surface area contributed by atoms with Gasteiger partial charge >= 0.3 is 0 Å². The van der Waals surface area contributed by atoms with Gasteiger partial charge < -0.3 is 9.47 Å². The molecule has 2 aromatic carbocycles. The maximum atomic E-state index is 13.5. The number of hydrogen-bond donors (Lipinski definition) is 0. The first kappa shape index (κ1) is 23.7. The van der Waals surface area contributed by atoms with E-state index in [4.69, 9.17) is 14.5 Å². The maximum absolute atomic E-state index is 13.5. The Morgan fingerprint density at radius 1 is 1.18 bits per heavy atom. The van der Waals surface area contributed by atoms with Crippen LogP contribution in [-0.2, 0) is 16.0 Å². The number of hydrogen-bond acceptors (Lipinski definition) is 6. The number of amides is 1. The van der Waals surface area contributed by atoms with Crippen LogP contribution < -0.4 is 9.64 Å². The predicted octanol–water partition coefficient (Wildman–Crippen LogP) is 4.61. The summed E-state index contributed by atoms with van der Waals surface area (Å²) in [7, 11) is 0. The van der Waals surface area contributed by atoms with Gasteiger partial charge in [-0.2, -0.15) is 0 Å². The van der Waals surface area contributed by atoms with E-state index in [1.165, 1.54) is 5.56 Å². The highest BCUT2D eigenvalue weighted by molar-refractivity contribution is 7.22. The Kier molecular flexibility index (Phi) is 7.96. The topological polar surface area (TPSA) is 54.9 Å². The standard InChI is InChI=1S/C26H33N3O3S/c1-4-32-22-8-6-21(7-9-22)18-24(30)29(11-5-10-28-12-14-31-15-13-28)26-27-25-20(3)16-19(2)17-23(25)33-26/h6-9,16-17H,4-5,10-15,18H2,1-3H3. The van der Waals surface area contributed by atoms with Crippen molar-refractivity contribution >= 4 is 32.6 Å². The summed E-state index contributed by atoms with van der Waals surface area (Å²) in [6.07, 6.45) is 1.25. The second kappa shape index (κ2) is 11.1. The number of carbonyl (C=O) groups excluding carboxylic acids is 1. The molecule has 0 unspecified atom stereocenters. The number of anilines is 1. The van der Waals surface area contributed by atoms with Crippen LogP contribution in [0.25, 0.3) is 10.2 Å². The fourth-order valence-electron chi connectivity index (χ4n) is 4.22. The minimum atomic E-state index is 0.0783.